The third kappa shape index (κ3) is 4.55. The molecule has 0 fully saturated rings. The molecule has 1 spiro atoms. The predicted octanol–water partition coefficient (Wildman–Crippen LogP) is 12.9. The lowest BCUT2D eigenvalue weighted by atomic mass is 9.57. The molecule has 2 unspecified atom stereocenters. The van der Waals surface area contributed by atoms with Crippen molar-refractivity contribution in [2.45, 2.75) is 31.1 Å². The first-order valence-electron chi connectivity index (χ1n) is 18.5. The van der Waals surface area contributed by atoms with Gasteiger partial charge in [-0.05, 0) is 110 Å². The molecule has 1 nitrogen and oxygen atoms in total. The lowest BCUT2D eigenvalue weighted by Crippen LogP contribution is -2.36. The zero-order chi connectivity index (χ0) is 34.6. The summed E-state index contributed by atoms with van der Waals surface area (Å²) in [6.07, 6.45) is 17.9. The van der Waals surface area contributed by atoms with Crippen LogP contribution >= 0.6 is 0 Å². The Hall–Kier alpha value is -6.18. The van der Waals surface area contributed by atoms with Crippen LogP contribution in [0.4, 0.5) is 11.4 Å². The average Bonchev–Trinajstić information content (AvgIpc) is 3.74. The van der Waals surface area contributed by atoms with Gasteiger partial charge in [0.2, 0.25) is 0 Å². The Balaban J connectivity index is 1.27. The maximum absolute atomic E-state index is 3.92. The Labute approximate surface area is 306 Å². The molecule has 4 aliphatic carbocycles. The summed E-state index contributed by atoms with van der Waals surface area (Å²) < 4.78 is 0. The second-order valence-corrected chi connectivity index (χ2v) is 14.4. The molecule has 2 atom stereocenters. The van der Waals surface area contributed by atoms with Crippen LogP contribution in [0.3, 0.4) is 0 Å². The molecule has 10 rings (SSSR count). The zero-order valence-corrected chi connectivity index (χ0v) is 29.3. The summed E-state index contributed by atoms with van der Waals surface area (Å²) in [5.41, 5.74) is 20.4. The van der Waals surface area contributed by atoms with Gasteiger partial charge in [0.1, 0.15) is 0 Å². The average molecular weight is 666 g/mol. The third-order valence-corrected chi connectivity index (χ3v) is 11.6. The molecule has 0 amide bonds. The molecular formula is C51H39N. The van der Waals surface area contributed by atoms with Crippen LogP contribution in [-0.4, -0.2) is 0 Å². The fourth-order valence-corrected chi connectivity index (χ4v) is 9.47. The minimum atomic E-state index is -0.480. The number of anilines is 2. The number of fused-ring (bicyclic) bond motifs is 9. The van der Waals surface area contributed by atoms with Gasteiger partial charge >= 0.3 is 0 Å². The van der Waals surface area contributed by atoms with Crippen molar-refractivity contribution in [2.75, 3.05) is 5.32 Å². The lowest BCUT2D eigenvalue weighted by Gasteiger charge is -2.44. The topological polar surface area (TPSA) is 12.0 Å². The quantitative estimate of drug-likeness (QED) is 0.193. The van der Waals surface area contributed by atoms with Gasteiger partial charge in [0.15, 0.2) is 0 Å². The van der Waals surface area contributed by atoms with Gasteiger partial charge in [0.05, 0.1) is 5.41 Å². The Morgan fingerprint density at radius 3 is 2.06 bits per heavy atom. The number of benzene rings is 6. The van der Waals surface area contributed by atoms with Crippen LogP contribution < -0.4 is 5.32 Å². The van der Waals surface area contributed by atoms with Crippen LogP contribution in [0.15, 0.2) is 188 Å². The molecule has 6 aromatic carbocycles. The summed E-state index contributed by atoms with van der Waals surface area (Å²) >= 11 is 0. The molecule has 0 saturated carbocycles. The summed E-state index contributed by atoms with van der Waals surface area (Å²) in [5.74, 6) is 0.0470. The molecular weight excluding hydrogens is 627 g/mol. The van der Waals surface area contributed by atoms with Gasteiger partial charge in [-0.15, -0.1) is 0 Å². The fraction of sp³-hybridized carbons (Fsp3) is 0.0980. The van der Waals surface area contributed by atoms with E-state index >= 15 is 0 Å². The number of allylic oxidation sites excluding steroid dienone is 10. The van der Waals surface area contributed by atoms with Crippen LogP contribution in [0.2, 0.25) is 0 Å². The van der Waals surface area contributed by atoms with Crippen molar-refractivity contribution in [3.63, 3.8) is 0 Å². The molecule has 52 heavy (non-hydrogen) atoms. The molecule has 0 aliphatic heterocycles. The third-order valence-electron chi connectivity index (χ3n) is 11.6. The summed E-state index contributed by atoms with van der Waals surface area (Å²) in [7, 11) is 0. The molecule has 6 aromatic rings. The Morgan fingerprint density at radius 2 is 1.23 bits per heavy atom. The van der Waals surface area contributed by atoms with Crippen molar-refractivity contribution < 1.29 is 0 Å². The van der Waals surface area contributed by atoms with Crippen molar-refractivity contribution in [2.24, 2.45) is 0 Å². The molecule has 0 heterocycles. The van der Waals surface area contributed by atoms with Gasteiger partial charge in [0, 0.05) is 22.9 Å². The molecule has 0 saturated heterocycles. The number of hydrogen-bond donors (Lipinski definition) is 1. The summed E-state index contributed by atoms with van der Waals surface area (Å²) in [6, 6.07) is 52.2. The number of para-hydroxylation sites is 1. The van der Waals surface area contributed by atoms with Gasteiger partial charge in [-0.25, -0.2) is 0 Å². The van der Waals surface area contributed by atoms with E-state index in [2.05, 4.69) is 194 Å². The maximum Gasteiger partial charge on any atom is 0.0720 e. The molecule has 4 aliphatic rings. The van der Waals surface area contributed by atoms with Crippen molar-refractivity contribution in [3.8, 4) is 11.1 Å². The summed E-state index contributed by atoms with van der Waals surface area (Å²) in [5, 5.41) is 3.92. The number of hydrogen-bond acceptors (Lipinski definition) is 1. The molecule has 0 aromatic heterocycles. The number of nitrogens with one attached hydrogen (secondary N) is 1. The van der Waals surface area contributed by atoms with E-state index in [0.29, 0.717) is 0 Å². The van der Waals surface area contributed by atoms with Gasteiger partial charge in [-0.3, -0.25) is 0 Å². The second kappa shape index (κ2) is 12.2. The SMILES string of the molecule is Cc1ccccc1-c1ccccc1C1c2ccccc2C2(C3=CC=CCC=C3c3ccccc32)c2cc(Nc3ccccc3C3=CC=CC3)ccc21. The van der Waals surface area contributed by atoms with E-state index < -0.39 is 5.41 Å². The highest BCUT2D eigenvalue weighted by atomic mass is 14.9. The van der Waals surface area contributed by atoms with Gasteiger partial charge in [0.25, 0.3) is 0 Å². The van der Waals surface area contributed by atoms with E-state index in [1.807, 2.05) is 0 Å². The molecule has 0 radical (unpaired) electrons. The minimum Gasteiger partial charge on any atom is -0.355 e. The first-order chi connectivity index (χ1) is 25.7. The van der Waals surface area contributed by atoms with E-state index in [-0.39, 0.29) is 5.92 Å². The highest BCUT2D eigenvalue weighted by Crippen LogP contribution is 2.63. The van der Waals surface area contributed by atoms with Crippen molar-refractivity contribution in [1.29, 1.82) is 0 Å². The normalized spacial score (nSPS) is 19.2. The zero-order valence-electron chi connectivity index (χ0n) is 29.3. The standard InChI is InChI=1S/C51H39N/c1-34-17-5-8-20-37(34)39-22-9-10-25-42(39)50-43-26-12-15-29-47(43)51(45-27-4-2-3-23-40(45)41-24-11-14-28-46(41)51)48-33-36(31-32-44(48)50)52-49-30-16-13-21-38(49)35-18-6-7-19-35/h2,4-18,20-33,50,52H,3,19H2,1H3. The van der Waals surface area contributed by atoms with E-state index in [4.69, 9.17) is 0 Å². The Kier molecular flexibility index (Phi) is 7.22. The predicted molar refractivity (Wildman–Crippen MR) is 218 cm³/mol. The number of aryl methyl sites for hydroxylation is 1. The van der Waals surface area contributed by atoms with Crippen LogP contribution in [-0.2, 0) is 5.41 Å². The van der Waals surface area contributed by atoms with Gasteiger partial charge in [-0.2, -0.15) is 0 Å². The summed E-state index contributed by atoms with van der Waals surface area (Å²) in [6.45, 7) is 2.23. The fourth-order valence-electron chi connectivity index (χ4n) is 9.47. The van der Waals surface area contributed by atoms with Crippen molar-refractivity contribution >= 4 is 22.5 Å². The second-order valence-electron chi connectivity index (χ2n) is 14.4. The minimum absolute atomic E-state index is 0.0470. The van der Waals surface area contributed by atoms with Crippen LogP contribution in [0, 0.1) is 6.92 Å². The number of rotatable bonds is 5. The maximum atomic E-state index is 3.92. The van der Waals surface area contributed by atoms with Crippen molar-refractivity contribution in [1.82, 2.24) is 0 Å². The van der Waals surface area contributed by atoms with Crippen LogP contribution in [0.25, 0.3) is 22.3 Å². The first kappa shape index (κ1) is 30.6. The van der Waals surface area contributed by atoms with E-state index in [0.717, 1.165) is 24.2 Å². The summed E-state index contributed by atoms with van der Waals surface area (Å²) in [4.78, 5) is 0. The highest BCUT2D eigenvalue weighted by Gasteiger charge is 2.53. The van der Waals surface area contributed by atoms with Crippen LogP contribution in [0.5, 0.6) is 0 Å². The first-order valence-corrected chi connectivity index (χ1v) is 18.5. The Morgan fingerprint density at radius 1 is 0.558 bits per heavy atom. The van der Waals surface area contributed by atoms with Crippen LogP contribution in [0.1, 0.15) is 68.8 Å². The van der Waals surface area contributed by atoms with Gasteiger partial charge < -0.3 is 5.32 Å². The van der Waals surface area contributed by atoms with E-state index in [1.54, 1.807) is 0 Å². The van der Waals surface area contributed by atoms with Crippen molar-refractivity contribution in [3.05, 3.63) is 238 Å². The smallest absolute Gasteiger partial charge is 0.0720 e. The van der Waals surface area contributed by atoms with E-state index in [9.17, 15) is 0 Å². The highest BCUT2D eigenvalue weighted by molar-refractivity contribution is 5.96. The molecule has 1 N–H and O–H groups in total. The lowest BCUT2D eigenvalue weighted by molar-refractivity contribution is 0.698. The largest absolute Gasteiger partial charge is 0.355 e. The molecule has 0 bridgehead atoms. The monoisotopic (exact) mass is 665 g/mol. The molecule has 248 valence electrons. The van der Waals surface area contributed by atoms with E-state index in [1.165, 1.54) is 77.9 Å². The Bertz CT molecular complexity index is 2570. The molecule has 1 heteroatoms. The van der Waals surface area contributed by atoms with Gasteiger partial charge in [-0.1, -0.05) is 164 Å².